The van der Waals surface area contributed by atoms with Crippen molar-refractivity contribution in [1.29, 1.82) is 10.7 Å². The second-order valence-electron chi connectivity index (χ2n) is 14.9. The molecule has 3 fully saturated rings. The standard InChI is InChI=1S/C40H46N12O3S/c1-40(2,50-16-10-26(11-17-50)27-6-8-33-34(22-27)49(4)48-37(33)52-20-14-35(53)46-39(52)54)15-9-28-21-32(7-5-29(28)23-41)56(55)51-18-12-31(13-19-51)45-38-44-25-30(24-42)36(43-3)47-38/h5-8,21-22,24-26,31,42H,10-14,16-20H2,1-4H3,(H,46,53,54)(H2,43,44,45,47). The summed E-state index contributed by atoms with van der Waals surface area (Å²) in [5.74, 6) is 8.44. The Hall–Kier alpha value is -5.68. The summed E-state index contributed by atoms with van der Waals surface area (Å²) in [7, 11) is 2.22. The van der Waals surface area contributed by atoms with Crippen molar-refractivity contribution in [2.75, 3.05) is 55.3 Å². The van der Waals surface area contributed by atoms with Crippen LogP contribution < -0.4 is 20.9 Å². The average molecular weight is 775 g/mol. The third-order valence-corrected chi connectivity index (χ3v) is 12.5. The Morgan fingerprint density at radius 2 is 1.80 bits per heavy atom. The lowest BCUT2D eigenvalue weighted by atomic mass is 9.87. The molecule has 3 aliphatic heterocycles. The van der Waals surface area contributed by atoms with E-state index in [4.69, 9.17) is 5.41 Å². The minimum Gasteiger partial charge on any atom is -0.372 e. The molecule has 290 valence electrons. The van der Waals surface area contributed by atoms with Crippen LogP contribution in [-0.2, 0) is 22.8 Å². The number of nitrogens with one attached hydrogen (secondary N) is 4. The van der Waals surface area contributed by atoms with Crippen molar-refractivity contribution in [3.05, 3.63) is 64.8 Å². The molecule has 5 heterocycles. The van der Waals surface area contributed by atoms with E-state index in [9.17, 15) is 19.1 Å². The first-order valence-corrected chi connectivity index (χ1v) is 20.0. The third-order valence-electron chi connectivity index (χ3n) is 11.0. The summed E-state index contributed by atoms with van der Waals surface area (Å²) in [6.45, 7) is 7.43. The number of hydrogen-bond acceptors (Lipinski definition) is 11. The van der Waals surface area contributed by atoms with Gasteiger partial charge in [0, 0.05) is 82.6 Å². The number of nitrogens with zero attached hydrogens (tertiary/aromatic N) is 8. The van der Waals surface area contributed by atoms with Gasteiger partial charge in [0.05, 0.1) is 27.1 Å². The first-order chi connectivity index (χ1) is 27.0. The topological polar surface area (TPSA) is 188 Å². The molecule has 0 aliphatic carbocycles. The number of carbonyl (C=O) groups is 2. The van der Waals surface area contributed by atoms with Gasteiger partial charge < -0.3 is 16.0 Å². The SMILES string of the molecule is CNc1nc(NC2CCN(S(=O)c3ccc(C#N)c(C#CC(C)(C)N4CCC(c5ccc6c(N7CCC(=O)NC7=O)nn(C)c6c5)CC4)c3)CC2)ncc1C=N. The highest BCUT2D eigenvalue weighted by Gasteiger charge is 2.32. The van der Waals surface area contributed by atoms with Crippen molar-refractivity contribution in [2.45, 2.75) is 68.3 Å². The van der Waals surface area contributed by atoms with Crippen molar-refractivity contribution in [3.8, 4) is 17.9 Å². The number of aromatic nitrogens is 4. The summed E-state index contributed by atoms with van der Waals surface area (Å²) in [5, 5.41) is 31.7. The van der Waals surface area contributed by atoms with Gasteiger partial charge in [-0.1, -0.05) is 17.9 Å². The van der Waals surface area contributed by atoms with Crippen LogP contribution >= 0.6 is 0 Å². The zero-order chi connectivity index (χ0) is 39.6. The zero-order valence-corrected chi connectivity index (χ0v) is 32.9. The molecule has 2 aromatic carbocycles. The molecule has 15 nitrogen and oxygen atoms in total. The summed E-state index contributed by atoms with van der Waals surface area (Å²) < 4.78 is 17.5. The fourth-order valence-electron chi connectivity index (χ4n) is 7.64. The molecule has 0 saturated carbocycles. The predicted molar refractivity (Wildman–Crippen MR) is 216 cm³/mol. The number of piperidine rings is 2. The molecule has 1 unspecified atom stereocenters. The Kier molecular flexibility index (Phi) is 11.2. The van der Waals surface area contributed by atoms with Gasteiger partial charge in [-0.25, -0.2) is 18.3 Å². The Labute approximate surface area is 328 Å². The second kappa shape index (κ2) is 16.2. The monoisotopic (exact) mass is 774 g/mol. The van der Waals surface area contributed by atoms with Crippen molar-refractivity contribution in [2.24, 2.45) is 7.05 Å². The molecule has 16 heteroatoms. The number of urea groups is 1. The number of fused-ring (bicyclic) bond motifs is 1. The number of carbonyl (C=O) groups excluding carboxylic acids is 2. The molecule has 0 bridgehead atoms. The lowest BCUT2D eigenvalue weighted by Gasteiger charge is -2.40. The van der Waals surface area contributed by atoms with Gasteiger partial charge in [0.25, 0.3) is 0 Å². The van der Waals surface area contributed by atoms with Gasteiger partial charge in [-0.15, -0.1) is 0 Å². The van der Waals surface area contributed by atoms with Crippen LogP contribution in [-0.4, -0.2) is 103 Å². The molecule has 2 aromatic heterocycles. The van der Waals surface area contributed by atoms with Crippen LogP contribution in [0.3, 0.4) is 0 Å². The summed E-state index contributed by atoms with van der Waals surface area (Å²) in [4.78, 5) is 37.5. The Morgan fingerprint density at radius 3 is 2.50 bits per heavy atom. The van der Waals surface area contributed by atoms with Crippen LogP contribution in [0.5, 0.6) is 0 Å². The largest absolute Gasteiger partial charge is 0.372 e. The van der Waals surface area contributed by atoms with Crippen LogP contribution in [0.15, 0.2) is 47.5 Å². The molecular weight excluding hydrogens is 729 g/mol. The summed E-state index contributed by atoms with van der Waals surface area (Å²) >= 11 is 0. The average Bonchev–Trinajstić information content (AvgIpc) is 3.54. The number of likely N-dealkylation sites (tertiary alicyclic amines) is 1. The molecule has 3 aliphatic rings. The Balaban J connectivity index is 0.972. The molecule has 4 N–H and O–H groups in total. The van der Waals surface area contributed by atoms with E-state index >= 15 is 0 Å². The molecule has 3 amide bonds. The minimum atomic E-state index is -1.41. The Bertz CT molecular complexity index is 2310. The number of imide groups is 1. The maximum atomic E-state index is 13.7. The summed E-state index contributed by atoms with van der Waals surface area (Å²) in [5.41, 5.74) is 3.34. The van der Waals surface area contributed by atoms with Gasteiger partial charge in [-0.2, -0.15) is 15.3 Å². The van der Waals surface area contributed by atoms with E-state index in [1.165, 1.54) is 16.7 Å². The van der Waals surface area contributed by atoms with Crippen LogP contribution in [0.4, 0.5) is 22.4 Å². The highest BCUT2D eigenvalue weighted by atomic mass is 32.2. The quantitative estimate of drug-likeness (QED) is 0.141. The van der Waals surface area contributed by atoms with Gasteiger partial charge in [0.2, 0.25) is 11.9 Å². The fraction of sp³-hybridized carbons (Fsp3) is 0.425. The van der Waals surface area contributed by atoms with Gasteiger partial charge >= 0.3 is 6.03 Å². The van der Waals surface area contributed by atoms with E-state index in [0.717, 1.165) is 49.7 Å². The van der Waals surface area contributed by atoms with E-state index in [1.54, 1.807) is 36.1 Å². The predicted octanol–water partition coefficient (Wildman–Crippen LogP) is 4.33. The van der Waals surface area contributed by atoms with E-state index < -0.39 is 22.6 Å². The van der Waals surface area contributed by atoms with Crippen LogP contribution in [0.1, 0.15) is 74.1 Å². The van der Waals surface area contributed by atoms with Gasteiger partial charge in [-0.05, 0) is 81.3 Å². The first-order valence-electron chi connectivity index (χ1n) is 18.9. The van der Waals surface area contributed by atoms with Crippen molar-refractivity contribution in [1.82, 2.24) is 34.3 Å². The summed E-state index contributed by atoms with van der Waals surface area (Å²) in [6.07, 6.45) is 6.48. The van der Waals surface area contributed by atoms with Gasteiger partial charge in [-0.3, -0.25) is 24.6 Å². The molecule has 3 saturated heterocycles. The number of anilines is 3. The van der Waals surface area contributed by atoms with E-state index in [-0.39, 0.29) is 18.4 Å². The lowest BCUT2D eigenvalue weighted by Crippen LogP contribution is -2.49. The van der Waals surface area contributed by atoms with E-state index in [1.807, 2.05) is 17.4 Å². The zero-order valence-electron chi connectivity index (χ0n) is 32.1. The molecule has 0 spiro atoms. The van der Waals surface area contributed by atoms with E-state index in [0.29, 0.717) is 64.7 Å². The highest BCUT2D eigenvalue weighted by molar-refractivity contribution is 7.82. The number of hydrogen-bond donors (Lipinski definition) is 4. The normalized spacial score (nSPS) is 18.2. The number of aryl methyl sites for hydroxylation is 1. The van der Waals surface area contributed by atoms with Crippen molar-refractivity contribution >= 4 is 57.6 Å². The molecule has 4 aromatic rings. The number of benzene rings is 2. The molecule has 0 radical (unpaired) electrons. The first kappa shape index (κ1) is 38.6. The lowest BCUT2D eigenvalue weighted by molar-refractivity contribution is -0.120. The van der Waals surface area contributed by atoms with Crippen LogP contribution in [0, 0.1) is 28.6 Å². The van der Waals surface area contributed by atoms with Gasteiger partial charge in [0.15, 0.2) is 5.82 Å². The minimum absolute atomic E-state index is 0.122. The van der Waals surface area contributed by atoms with Gasteiger partial charge in [0.1, 0.15) is 22.9 Å². The number of nitriles is 1. The maximum Gasteiger partial charge on any atom is 0.329 e. The molecular formula is C40H46N12O3S. The maximum absolute atomic E-state index is 13.7. The third kappa shape index (κ3) is 8.00. The molecule has 7 rings (SSSR count). The van der Waals surface area contributed by atoms with Crippen molar-refractivity contribution < 1.29 is 13.8 Å². The Morgan fingerprint density at radius 1 is 1.04 bits per heavy atom. The highest BCUT2D eigenvalue weighted by Crippen LogP contribution is 2.35. The summed E-state index contributed by atoms with van der Waals surface area (Å²) in [6, 6.07) is 13.5. The van der Waals surface area contributed by atoms with Crippen LogP contribution in [0.2, 0.25) is 0 Å². The second-order valence-corrected chi connectivity index (χ2v) is 16.3. The van der Waals surface area contributed by atoms with Crippen molar-refractivity contribution in [3.63, 3.8) is 0 Å². The molecule has 1 atom stereocenters. The number of rotatable bonds is 9. The smallest absolute Gasteiger partial charge is 0.329 e. The molecule has 56 heavy (non-hydrogen) atoms. The van der Waals surface area contributed by atoms with E-state index in [2.05, 4.69) is 79.8 Å². The fourth-order valence-corrected chi connectivity index (χ4v) is 8.89. The number of amides is 3. The van der Waals surface area contributed by atoms with Crippen LogP contribution in [0.25, 0.3) is 10.9 Å².